The molecule has 0 aliphatic rings. The molecule has 0 aliphatic carbocycles. The Morgan fingerprint density at radius 3 is 2.39 bits per heavy atom. The van der Waals surface area contributed by atoms with Crippen LogP contribution in [0.4, 0.5) is 0 Å². The highest BCUT2D eigenvalue weighted by atomic mass is 32.2. The maximum absolute atomic E-state index is 12.5. The van der Waals surface area contributed by atoms with Gasteiger partial charge in [-0.2, -0.15) is 0 Å². The molecule has 0 aromatic heterocycles. The van der Waals surface area contributed by atoms with Gasteiger partial charge in [-0.15, -0.1) is 0 Å². The van der Waals surface area contributed by atoms with E-state index in [1.54, 1.807) is 37.4 Å². The third-order valence-corrected chi connectivity index (χ3v) is 6.74. The van der Waals surface area contributed by atoms with Gasteiger partial charge < -0.3 is 5.32 Å². The van der Waals surface area contributed by atoms with Crippen molar-refractivity contribution >= 4 is 15.9 Å². The van der Waals surface area contributed by atoms with Crippen LogP contribution in [0.5, 0.6) is 0 Å². The van der Waals surface area contributed by atoms with Gasteiger partial charge in [0.05, 0.1) is 10.9 Å². The Morgan fingerprint density at radius 1 is 1.11 bits per heavy atom. The van der Waals surface area contributed by atoms with Crippen molar-refractivity contribution in [1.82, 2.24) is 9.62 Å². The first-order valence-corrected chi connectivity index (χ1v) is 11.1. The zero-order valence-corrected chi connectivity index (χ0v) is 17.9. The van der Waals surface area contributed by atoms with E-state index in [4.69, 9.17) is 0 Å². The fourth-order valence-corrected chi connectivity index (χ4v) is 4.47. The predicted octanol–water partition coefficient (Wildman–Crippen LogP) is 3.97. The smallest absolute Gasteiger partial charge is 0.242 e. The van der Waals surface area contributed by atoms with Crippen molar-refractivity contribution in [2.45, 2.75) is 51.0 Å². The molecule has 6 heteroatoms. The quantitative estimate of drug-likeness (QED) is 0.690. The summed E-state index contributed by atoms with van der Waals surface area (Å²) < 4.78 is 26.3. The van der Waals surface area contributed by atoms with Crippen molar-refractivity contribution in [1.29, 1.82) is 0 Å². The minimum Gasteiger partial charge on any atom is -0.349 e. The molecule has 5 nitrogen and oxygen atoms in total. The number of benzene rings is 2. The van der Waals surface area contributed by atoms with Crippen LogP contribution in [-0.4, -0.2) is 32.2 Å². The normalized spacial score (nSPS) is 12.8. The van der Waals surface area contributed by atoms with Crippen LogP contribution in [0.15, 0.2) is 53.4 Å². The van der Waals surface area contributed by atoms with E-state index in [9.17, 15) is 13.2 Å². The molecule has 0 spiro atoms. The molecule has 2 rings (SSSR count). The van der Waals surface area contributed by atoms with Crippen LogP contribution >= 0.6 is 0 Å². The summed E-state index contributed by atoms with van der Waals surface area (Å²) in [6.45, 7) is 6.45. The molecule has 0 radical (unpaired) electrons. The lowest BCUT2D eigenvalue weighted by molar-refractivity contribution is -0.122. The number of hydrogen-bond acceptors (Lipinski definition) is 3. The Balaban J connectivity index is 1.89. The van der Waals surface area contributed by atoms with E-state index < -0.39 is 10.0 Å². The molecular weight excluding hydrogens is 372 g/mol. The highest BCUT2D eigenvalue weighted by Gasteiger charge is 2.20. The third-order valence-electron chi connectivity index (χ3n) is 4.87. The summed E-state index contributed by atoms with van der Waals surface area (Å²) in [7, 11) is -1.97. The average molecular weight is 403 g/mol. The van der Waals surface area contributed by atoms with E-state index in [0.29, 0.717) is 13.0 Å². The van der Waals surface area contributed by atoms with E-state index in [1.807, 2.05) is 6.92 Å². The molecule has 0 heterocycles. The van der Waals surface area contributed by atoms with Gasteiger partial charge in [-0.1, -0.05) is 48.9 Å². The molecule has 2 aromatic carbocycles. The van der Waals surface area contributed by atoms with E-state index in [-0.39, 0.29) is 23.3 Å². The summed E-state index contributed by atoms with van der Waals surface area (Å²) in [6, 6.07) is 14.6. The predicted molar refractivity (Wildman–Crippen MR) is 113 cm³/mol. The van der Waals surface area contributed by atoms with Crippen molar-refractivity contribution in [3.05, 3.63) is 65.2 Å². The molecule has 2 aromatic rings. The molecule has 0 unspecified atom stereocenters. The second-order valence-corrected chi connectivity index (χ2v) is 9.18. The largest absolute Gasteiger partial charge is 0.349 e. The minimum absolute atomic E-state index is 0.0288. The summed E-state index contributed by atoms with van der Waals surface area (Å²) in [5, 5.41) is 3.08. The van der Waals surface area contributed by atoms with Gasteiger partial charge in [-0.3, -0.25) is 4.79 Å². The van der Waals surface area contributed by atoms with Crippen LogP contribution in [0.2, 0.25) is 0 Å². The molecule has 0 fully saturated rings. The monoisotopic (exact) mass is 402 g/mol. The topological polar surface area (TPSA) is 66.5 Å². The summed E-state index contributed by atoms with van der Waals surface area (Å²) >= 11 is 0. The molecule has 0 bridgehead atoms. The van der Waals surface area contributed by atoms with Gasteiger partial charge in [0.1, 0.15) is 0 Å². The molecule has 1 atom stereocenters. The molecule has 1 amide bonds. The summed E-state index contributed by atoms with van der Waals surface area (Å²) in [5.41, 5.74) is 3.50. The first-order chi connectivity index (χ1) is 13.3. The van der Waals surface area contributed by atoms with E-state index in [0.717, 1.165) is 12.0 Å². The van der Waals surface area contributed by atoms with Crippen LogP contribution in [0.3, 0.4) is 0 Å². The Hall–Kier alpha value is -2.18. The number of rotatable bonds is 9. The summed E-state index contributed by atoms with van der Waals surface area (Å²) in [6.07, 6.45) is 1.56. The second-order valence-electron chi connectivity index (χ2n) is 7.13. The highest BCUT2D eigenvalue weighted by Crippen LogP contribution is 2.22. The van der Waals surface area contributed by atoms with Crippen molar-refractivity contribution < 1.29 is 13.2 Å². The number of carbonyl (C=O) groups is 1. The van der Waals surface area contributed by atoms with E-state index in [2.05, 4.69) is 37.4 Å². The van der Waals surface area contributed by atoms with Gasteiger partial charge in [-0.25, -0.2) is 12.7 Å². The van der Waals surface area contributed by atoms with Crippen molar-refractivity contribution in [3.8, 4) is 0 Å². The van der Waals surface area contributed by atoms with Gasteiger partial charge >= 0.3 is 0 Å². The second kappa shape index (κ2) is 9.85. The number of hydrogen-bond donors (Lipinski definition) is 1. The lowest BCUT2D eigenvalue weighted by Gasteiger charge is -2.21. The van der Waals surface area contributed by atoms with Gasteiger partial charge in [0.15, 0.2) is 0 Å². The van der Waals surface area contributed by atoms with Crippen LogP contribution in [0.25, 0.3) is 0 Å². The molecular formula is C22H30N2O3S. The van der Waals surface area contributed by atoms with Crippen molar-refractivity contribution in [3.63, 3.8) is 0 Å². The number of aryl methyl sites for hydroxylation is 2. The fraction of sp³-hybridized carbons (Fsp3) is 0.409. The standard InChI is InChI=1S/C22H30N2O3S/c1-5-21(20-14-13-17(2)16-18(20)3)23-22(25)12-9-15-24(4)28(26,27)19-10-7-6-8-11-19/h6-8,10-11,13-14,16,21H,5,9,12,15H2,1-4H3,(H,23,25)/t21-/m0/s1. The Kier molecular flexibility index (Phi) is 7.78. The molecule has 0 saturated carbocycles. The first kappa shape index (κ1) is 22.1. The minimum atomic E-state index is -3.52. The molecule has 1 N–H and O–H groups in total. The Bertz CT molecular complexity index is 895. The van der Waals surface area contributed by atoms with Gasteiger partial charge in [0.2, 0.25) is 15.9 Å². The SMILES string of the molecule is CC[C@H](NC(=O)CCCN(C)S(=O)(=O)c1ccccc1)c1ccc(C)cc1C. The molecule has 0 aliphatic heterocycles. The molecule has 152 valence electrons. The highest BCUT2D eigenvalue weighted by molar-refractivity contribution is 7.89. The lowest BCUT2D eigenvalue weighted by Crippen LogP contribution is -2.31. The van der Waals surface area contributed by atoms with Crippen molar-refractivity contribution in [2.24, 2.45) is 0 Å². The maximum atomic E-state index is 12.5. The van der Waals surface area contributed by atoms with Gasteiger partial charge in [0, 0.05) is 20.0 Å². The lowest BCUT2D eigenvalue weighted by atomic mass is 9.97. The number of amides is 1. The van der Waals surface area contributed by atoms with Crippen molar-refractivity contribution in [2.75, 3.05) is 13.6 Å². The number of carbonyl (C=O) groups excluding carboxylic acids is 1. The average Bonchev–Trinajstić information content (AvgIpc) is 2.67. The van der Waals surface area contributed by atoms with Crippen LogP contribution < -0.4 is 5.32 Å². The maximum Gasteiger partial charge on any atom is 0.242 e. The van der Waals surface area contributed by atoms with Crippen LogP contribution in [0, 0.1) is 13.8 Å². The van der Waals surface area contributed by atoms with E-state index >= 15 is 0 Å². The van der Waals surface area contributed by atoms with Crippen LogP contribution in [0.1, 0.15) is 48.9 Å². The van der Waals surface area contributed by atoms with E-state index in [1.165, 1.54) is 15.4 Å². The number of sulfonamides is 1. The fourth-order valence-electron chi connectivity index (χ4n) is 3.24. The Labute approximate surface area is 168 Å². The summed E-state index contributed by atoms with van der Waals surface area (Å²) in [4.78, 5) is 12.7. The number of nitrogens with zero attached hydrogens (tertiary/aromatic N) is 1. The zero-order chi connectivity index (χ0) is 20.7. The Morgan fingerprint density at radius 2 is 1.79 bits per heavy atom. The molecule has 0 saturated heterocycles. The number of nitrogens with one attached hydrogen (secondary N) is 1. The molecule has 28 heavy (non-hydrogen) atoms. The zero-order valence-electron chi connectivity index (χ0n) is 17.1. The van der Waals surface area contributed by atoms with Gasteiger partial charge in [0.25, 0.3) is 0 Å². The van der Waals surface area contributed by atoms with Crippen LogP contribution in [-0.2, 0) is 14.8 Å². The van der Waals surface area contributed by atoms with Gasteiger partial charge in [-0.05, 0) is 49.9 Å². The third kappa shape index (κ3) is 5.66. The first-order valence-electron chi connectivity index (χ1n) is 9.63. The summed E-state index contributed by atoms with van der Waals surface area (Å²) in [5.74, 6) is -0.0580.